The molecule has 0 spiro atoms. The van der Waals surface area contributed by atoms with Gasteiger partial charge in [0.2, 0.25) is 11.6 Å². The molecule has 0 atom stereocenters. The lowest BCUT2D eigenvalue weighted by atomic mass is 10.5. The van der Waals surface area contributed by atoms with Gasteiger partial charge in [0, 0.05) is 12.3 Å². The second-order valence-electron chi connectivity index (χ2n) is 2.75. The van der Waals surface area contributed by atoms with Crippen LogP contribution >= 0.6 is 0 Å². The number of rotatable bonds is 3. The van der Waals surface area contributed by atoms with Crippen molar-refractivity contribution in [2.75, 3.05) is 0 Å². The number of aromatic carboxylic acids is 1. The highest BCUT2D eigenvalue weighted by molar-refractivity contribution is 5.84. The van der Waals surface area contributed by atoms with Gasteiger partial charge in [-0.1, -0.05) is 0 Å². The summed E-state index contributed by atoms with van der Waals surface area (Å²) in [4.78, 5) is 20.9. The van der Waals surface area contributed by atoms with Crippen LogP contribution in [0.5, 0.6) is 0 Å². The third kappa shape index (κ3) is 1.64. The molecule has 0 saturated heterocycles. The molecule has 76 valence electrons. The van der Waals surface area contributed by atoms with Gasteiger partial charge in [-0.05, 0) is 12.1 Å². The Bertz CT molecular complexity index is 512. The lowest BCUT2D eigenvalue weighted by Crippen LogP contribution is -1.95. The maximum atomic E-state index is 10.5. The highest BCUT2D eigenvalue weighted by atomic mass is 16.4. The standard InChI is InChI=1S/C9H6N2O4/c12-5-6-3-4-11(10-6)8-2-1-7(15-8)9(13)14/h1-5H,(H,13,14). The van der Waals surface area contributed by atoms with Gasteiger partial charge in [-0.2, -0.15) is 5.10 Å². The van der Waals surface area contributed by atoms with Crippen LogP contribution in [0.2, 0.25) is 0 Å². The molecule has 0 bridgehead atoms. The smallest absolute Gasteiger partial charge is 0.371 e. The number of carbonyl (C=O) groups is 2. The van der Waals surface area contributed by atoms with Crippen LogP contribution in [-0.4, -0.2) is 27.1 Å². The minimum absolute atomic E-state index is 0.173. The molecule has 0 aromatic carbocycles. The zero-order chi connectivity index (χ0) is 10.8. The SMILES string of the molecule is O=Cc1ccn(-c2ccc(C(=O)O)o2)n1. The van der Waals surface area contributed by atoms with Gasteiger partial charge in [-0.15, -0.1) is 0 Å². The summed E-state index contributed by atoms with van der Waals surface area (Å²) < 4.78 is 6.26. The Morgan fingerprint density at radius 2 is 2.27 bits per heavy atom. The van der Waals surface area contributed by atoms with E-state index in [-0.39, 0.29) is 17.3 Å². The summed E-state index contributed by atoms with van der Waals surface area (Å²) in [6.45, 7) is 0. The highest BCUT2D eigenvalue weighted by Gasteiger charge is 2.10. The fourth-order valence-electron chi connectivity index (χ4n) is 1.09. The number of nitrogens with zero attached hydrogens (tertiary/aromatic N) is 2. The van der Waals surface area contributed by atoms with E-state index in [0.29, 0.717) is 6.29 Å². The number of hydrogen-bond donors (Lipinski definition) is 1. The Kier molecular flexibility index (Phi) is 2.09. The predicted molar refractivity (Wildman–Crippen MR) is 48.2 cm³/mol. The average molecular weight is 206 g/mol. The molecule has 0 fully saturated rings. The van der Waals surface area contributed by atoms with Crippen molar-refractivity contribution in [2.45, 2.75) is 0 Å². The molecule has 0 radical (unpaired) electrons. The molecule has 2 aromatic heterocycles. The van der Waals surface area contributed by atoms with Crippen LogP contribution in [0.1, 0.15) is 21.0 Å². The van der Waals surface area contributed by atoms with E-state index in [1.165, 1.54) is 29.1 Å². The van der Waals surface area contributed by atoms with Gasteiger partial charge in [0.15, 0.2) is 6.29 Å². The van der Waals surface area contributed by atoms with Gasteiger partial charge in [-0.3, -0.25) is 4.79 Å². The van der Waals surface area contributed by atoms with Crippen molar-refractivity contribution >= 4 is 12.3 Å². The normalized spacial score (nSPS) is 10.1. The van der Waals surface area contributed by atoms with Crippen LogP contribution in [-0.2, 0) is 0 Å². The van der Waals surface area contributed by atoms with E-state index in [9.17, 15) is 9.59 Å². The topological polar surface area (TPSA) is 85.3 Å². The van der Waals surface area contributed by atoms with E-state index in [2.05, 4.69) is 5.10 Å². The maximum Gasteiger partial charge on any atom is 0.371 e. The molecule has 1 N–H and O–H groups in total. The van der Waals surface area contributed by atoms with Crippen LogP contribution in [0.25, 0.3) is 5.88 Å². The summed E-state index contributed by atoms with van der Waals surface area (Å²) in [6.07, 6.45) is 2.10. The van der Waals surface area contributed by atoms with Crippen LogP contribution in [0.4, 0.5) is 0 Å². The molecule has 0 saturated carbocycles. The summed E-state index contributed by atoms with van der Waals surface area (Å²) in [5.74, 6) is -1.07. The molecule has 0 unspecified atom stereocenters. The maximum absolute atomic E-state index is 10.5. The third-order valence-corrected chi connectivity index (χ3v) is 1.76. The monoisotopic (exact) mass is 206 g/mol. The van der Waals surface area contributed by atoms with Crippen molar-refractivity contribution in [3.8, 4) is 5.88 Å². The van der Waals surface area contributed by atoms with E-state index < -0.39 is 5.97 Å². The van der Waals surface area contributed by atoms with Crippen molar-refractivity contribution < 1.29 is 19.1 Å². The first-order valence-corrected chi connectivity index (χ1v) is 4.05. The van der Waals surface area contributed by atoms with E-state index in [0.717, 1.165) is 0 Å². The fourth-order valence-corrected chi connectivity index (χ4v) is 1.09. The number of carboxylic acid groups (broad SMARTS) is 1. The molecular formula is C9H6N2O4. The lowest BCUT2D eigenvalue weighted by Gasteiger charge is -1.93. The fraction of sp³-hybridized carbons (Fsp3) is 0. The summed E-state index contributed by atoms with van der Waals surface area (Å²) in [7, 11) is 0. The number of furan rings is 1. The Labute approximate surface area is 83.7 Å². The molecule has 0 aliphatic heterocycles. The molecule has 2 rings (SSSR count). The van der Waals surface area contributed by atoms with Crippen molar-refractivity contribution in [2.24, 2.45) is 0 Å². The molecule has 0 aliphatic rings. The molecular weight excluding hydrogens is 200 g/mol. The number of carbonyl (C=O) groups excluding carboxylic acids is 1. The molecule has 2 aromatic rings. The predicted octanol–water partition coefficient (Wildman–Crippen LogP) is 0.976. The number of aromatic nitrogens is 2. The Balaban J connectivity index is 2.36. The third-order valence-electron chi connectivity index (χ3n) is 1.76. The molecule has 0 amide bonds. The van der Waals surface area contributed by atoms with E-state index in [1.807, 2.05) is 0 Å². The second kappa shape index (κ2) is 3.41. The molecule has 6 nitrogen and oxygen atoms in total. The van der Waals surface area contributed by atoms with Crippen LogP contribution in [0.15, 0.2) is 28.8 Å². The van der Waals surface area contributed by atoms with Gasteiger partial charge >= 0.3 is 5.97 Å². The van der Waals surface area contributed by atoms with Crippen molar-refractivity contribution in [1.82, 2.24) is 9.78 Å². The quantitative estimate of drug-likeness (QED) is 0.756. The number of hydrogen-bond acceptors (Lipinski definition) is 4. The zero-order valence-electron chi connectivity index (χ0n) is 7.45. The van der Waals surface area contributed by atoms with Gasteiger partial charge in [0.25, 0.3) is 0 Å². The summed E-state index contributed by atoms with van der Waals surface area (Å²) in [6, 6.07) is 4.28. The van der Waals surface area contributed by atoms with Crippen molar-refractivity contribution in [3.05, 3.63) is 35.9 Å². The van der Waals surface area contributed by atoms with Crippen molar-refractivity contribution in [1.29, 1.82) is 0 Å². The average Bonchev–Trinajstić information content (AvgIpc) is 2.86. The second-order valence-corrected chi connectivity index (χ2v) is 2.75. The Hall–Kier alpha value is -2.37. The molecule has 6 heteroatoms. The molecule has 2 heterocycles. The number of carboxylic acids is 1. The Morgan fingerprint density at radius 1 is 1.47 bits per heavy atom. The minimum atomic E-state index is -1.15. The Morgan fingerprint density at radius 3 is 2.80 bits per heavy atom. The van der Waals surface area contributed by atoms with E-state index in [1.54, 1.807) is 0 Å². The van der Waals surface area contributed by atoms with Gasteiger partial charge in [0.05, 0.1) is 0 Å². The minimum Gasteiger partial charge on any atom is -0.475 e. The summed E-state index contributed by atoms with van der Waals surface area (Å²) in [5.41, 5.74) is 0.253. The molecule has 0 aliphatic carbocycles. The van der Waals surface area contributed by atoms with Gasteiger partial charge in [-0.25, -0.2) is 9.48 Å². The first-order chi connectivity index (χ1) is 7.20. The van der Waals surface area contributed by atoms with Gasteiger partial charge < -0.3 is 9.52 Å². The highest BCUT2D eigenvalue weighted by Crippen LogP contribution is 2.12. The van der Waals surface area contributed by atoms with Crippen LogP contribution in [0.3, 0.4) is 0 Å². The van der Waals surface area contributed by atoms with E-state index in [4.69, 9.17) is 9.52 Å². The summed E-state index contributed by atoms with van der Waals surface area (Å²) >= 11 is 0. The van der Waals surface area contributed by atoms with E-state index >= 15 is 0 Å². The van der Waals surface area contributed by atoms with Gasteiger partial charge in [0.1, 0.15) is 5.69 Å². The largest absolute Gasteiger partial charge is 0.475 e. The van der Waals surface area contributed by atoms with Crippen LogP contribution < -0.4 is 0 Å². The molecule has 15 heavy (non-hydrogen) atoms. The zero-order valence-corrected chi connectivity index (χ0v) is 7.45. The first-order valence-electron chi connectivity index (χ1n) is 4.05. The van der Waals surface area contributed by atoms with Crippen LogP contribution in [0, 0.1) is 0 Å². The first kappa shape index (κ1) is 9.20. The lowest BCUT2D eigenvalue weighted by molar-refractivity contribution is 0.0661. The number of aldehydes is 1. The van der Waals surface area contributed by atoms with Crippen molar-refractivity contribution in [3.63, 3.8) is 0 Å². The summed E-state index contributed by atoms with van der Waals surface area (Å²) in [5, 5.41) is 12.5.